The van der Waals surface area contributed by atoms with Gasteiger partial charge in [0.15, 0.2) is 5.82 Å². The van der Waals surface area contributed by atoms with E-state index < -0.39 is 22.0 Å². The highest BCUT2D eigenvalue weighted by molar-refractivity contribution is 7.89. The maximum Gasteiger partial charge on any atom is 0.251 e. The van der Waals surface area contributed by atoms with Crippen molar-refractivity contribution >= 4 is 15.9 Å². The molecule has 0 spiro atoms. The van der Waals surface area contributed by atoms with Gasteiger partial charge in [0.25, 0.3) is 5.91 Å². The Balaban J connectivity index is 1.58. The summed E-state index contributed by atoms with van der Waals surface area (Å²) in [5, 5.41) is 6.97. The van der Waals surface area contributed by atoms with Crippen molar-refractivity contribution < 1.29 is 22.5 Å². The lowest BCUT2D eigenvalue weighted by Crippen LogP contribution is -2.32. The summed E-state index contributed by atoms with van der Waals surface area (Å²) in [5.41, 5.74) is 1.03. The zero-order chi connectivity index (χ0) is 25.2. The maximum atomic E-state index is 13.4. The molecule has 2 aromatic carbocycles. The molecule has 1 fully saturated rings. The van der Waals surface area contributed by atoms with Gasteiger partial charge in [-0.2, -0.15) is 9.29 Å². The number of nitrogens with zero attached hydrogens (tertiary/aromatic N) is 3. The van der Waals surface area contributed by atoms with E-state index in [4.69, 9.17) is 9.26 Å². The van der Waals surface area contributed by atoms with Crippen LogP contribution in [0.5, 0.6) is 5.75 Å². The van der Waals surface area contributed by atoms with E-state index in [2.05, 4.69) is 15.5 Å². The molecule has 0 radical (unpaired) electrons. The minimum absolute atomic E-state index is 0.0232. The van der Waals surface area contributed by atoms with Crippen molar-refractivity contribution in [1.29, 1.82) is 0 Å². The second-order valence-corrected chi connectivity index (χ2v) is 11.1. The molecule has 1 aliphatic rings. The van der Waals surface area contributed by atoms with Crippen molar-refractivity contribution in [3.05, 3.63) is 71.4 Å². The van der Waals surface area contributed by atoms with Crippen LogP contribution in [-0.4, -0.2) is 42.9 Å². The zero-order valence-electron chi connectivity index (χ0n) is 20.3. The molecule has 3 aromatic rings. The summed E-state index contributed by atoms with van der Waals surface area (Å²) in [5.74, 6) is 1.04. The normalized spacial score (nSPS) is 14.8. The van der Waals surface area contributed by atoms with Gasteiger partial charge in [0.1, 0.15) is 16.7 Å². The number of nitrogens with one attached hydrogen (secondary N) is 1. The van der Waals surface area contributed by atoms with Gasteiger partial charge in [-0.25, -0.2) is 8.42 Å². The number of methoxy groups -OCH3 is 1. The molecule has 9 nitrogen and oxygen atoms in total. The maximum absolute atomic E-state index is 13.4. The van der Waals surface area contributed by atoms with Crippen molar-refractivity contribution in [2.24, 2.45) is 5.92 Å². The third-order valence-electron chi connectivity index (χ3n) is 5.98. The largest absolute Gasteiger partial charge is 0.495 e. The van der Waals surface area contributed by atoms with Gasteiger partial charge >= 0.3 is 0 Å². The van der Waals surface area contributed by atoms with Crippen LogP contribution >= 0.6 is 0 Å². The van der Waals surface area contributed by atoms with E-state index in [1.807, 2.05) is 44.2 Å². The summed E-state index contributed by atoms with van der Waals surface area (Å²) in [7, 11) is -1.05. The summed E-state index contributed by atoms with van der Waals surface area (Å²) in [6.45, 7) is 4.06. The van der Waals surface area contributed by atoms with E-state index in [9.17, 15) is 13.2 Å². The fourth-order valence-corrected chi connectivity index (χ4v) is 5.07. The van der Waals surface area contributed by atoms with Crippen LogP contribution < -0.4 is 10.1 Å². The molecule has 1 N–H and O–H groups in total. The Kier molecular flexibility index (Phi) is 7.23. The molecule has 1 unspecified atom stereocenters. The lowest BCUT2D eigenvalue weighted by atomic mass is 10.0. The second kappa shape index (κ2) is 10.2. The average Bonchev–Trinajstić information content (AvgIpc) is 3.59. The van der Waals surface area contributed by atoms with Crippen LogP contribution in [0.3, 0.4) is 0 Å². The monoisotopic (exact) mass is 498 g/mol. The minimum Gasteiger partial charge on any atom is -0.495 e. The second-order valence-electron chi connectivity index (χ2n) is 9.07. The Morgan fingerprint density at radius 3 is 2.54 bits per heavy atom. The molecule has 1 heterocycles. The predicted octanol–water partition coefficient (Wildman–Crippen LogP) is 3.90. The van der Waals surface area contributed by atoms with Crippen LogP contribution in [0, 0.1) is 5.92 Å². The third kappa shape index (κ3) is 5.54. The molecule has 1 atom stereocenters. The van der Waals surface area contributed by atoms with Gasteiger partial charge < -0.3 is 14.6 Å². The number of ether oxygens (including phenoxy) is 1. The number of amides is 1. The highest BCUT2D eigenvalue weighted by Crippen LogP contribution is 2.38. The Morgan fingerprint density at radius 1 is 1.20 bits per heavy atom. The number of sulfonamides is 1. The first-order chi connectivity index (χ1) is 16.7. The van der Waals surface area contributed by atoms with Crippen LogP contribution in [-0.2, 0) is 16.6 Å². The minimum atomic E-state index is -3.94. The summed E-state index contributed by atoms with van der Waals surface area (Å²) in [6.07, 6.45) is 2.08. The molecule has 0 bridgehead atoms. The van der Waals surface area contributed by atoms with Gasteiger partial charge in [-0.05, 0) is 42.5 Å². The first kappa shape index (κ1) is 24.9. The van der Waals surface area contributed by atoms with Crippen molar-refractivity contribution in [2.75, 3.05) is 14.2 Å². The Morgan fingerprint density at radius 2 is 1.91 bits per heavy atom. The van der Waals surface area contributed by atoms with E-state index >= 15 is 0 Å². The van der Waals surface area contributed by atoms with Gasteiger partial charge in [0.05, 0.1) is 7.11 Å². The molecule has 4 rings (SSSR count). The lowest BCUT2D eigenvalue weighted by molar-refractivity contribution is 0.0913. The molecular formula is C25H30N4O5S. The van der Waals surface area contributed by atoms with Gasteiger partial charge in [0.2, 0.25) is 15.9 Å². The van der Waals surface area contributed by atoms with Crippen LogP contribution in [0.4, 0.5) is 0 Å². The average molecular weight is 499 g/mol. The lowest BCUT2D eigenvalue weighted by Gasteiger charge is -2.21. The SMILES string of the molecule is COc1ccc(C(=O)NC(c2nc(C3CC3)no2)C(C)C)cc1S(=O)(=O)N(C)Cc1ccccc1. The molecular weight excluding hydrogens is 468 g/mol. The number of carbonyl (C=O) groups excluding carboxylic acids is 1. The first-order valence-electron chi connectivity index (χ1n) is 11.5. The summed E-state index contributed by atoms with van der Waals surface area (Å²) in [6, 6.07) is 13.1. The summed E-state index contributed by atoms with van der Waals surface area (Å²) >= 11 is 0. The van der Waals surface area contributed by atoms with Gasteiger partial charge in [-0.1, -0.05) is 49.3 Å². The summed E-state index contributed by atoms with van der Waals surface area (Å²) in [4.78, 5) is 17.6. The zero-order valence-corrected chi connectivity index (χ0v) is 21.1. The molecule has 1 amide bonds. The molecule has 1 saturated carbocycles. The number of benzene rings is 2. The van der Waals surface area contributed by atoms with Crippen molar-refractivity contribution in [3.8, 4) is 5.75 Å². The highest BCUT2D eigenvalue weighted by Gasteiger charge is 2.32. The van der Waals surface area contributed by atoms with Gasteiger partial charge in [0, 0.05) is 25.1 Å². The highest BCUT2D eigenvalue weighted by atomic mass is 32.2. The van der Waals surface area contributed by atoms with Gasteiger partial charge in [-0.3, -0.25) is 4.79 Å². The fourth-order valence-electron chi connectivity index (χ4n) is 3.73. The number of hydrogen-bond acceptors (Lipinski definition) is 7. The smallest absolute Gasteiger partial charge is 0.251 e. The number of hydrogen-bond donors (Lipinski definition) is 1. The molecule has 1 aromatic heterocycles. The molecule has 1 aliphatic carbocycles. The number of carbonyl (C=O) groups is 1. The predicted molar refractivity (Wildman–Crippen MR) is 129 cm³/mol. The van der Waals surface area contributed by atoms with Crippen LogP contribution in [0.25, 0.3) is 0 Å². The molecule has 10 heteroatoms. The van der Waals surface area contributed by atoms with Crippen LogP contribution in [0.2, 0.25) is 0 Å². The molecule has 186 valence electrons. The number of rotatable bonds is 10. The summed E-state index contributed by atoms with van der Waals surface area (Å²) < 4.78 is 38.8. The van der Waals surface area contributed by atoms with E-state index in [0.29, 0.717) is 17.6 Å². The molecule has 35 heavy (non-hydrogen) atoms. The van der Waals surface area contributed by atoms with Crippen molar-refractivity contribution in [2.45, 2.75) is 50.1 Å². The first-order valence-corrected chi connectivity index (χ1v) is 13.0. The number of aromatic nitrogens is 2. The standard InChI is InChI=1S/C25H30N4O5S/c1-16(2)22(25-27-23(28-34-25)18-10-11-18)26-24(30)19-12-13-20(33-4)21(14-19)35(31,32)29(3)15-17-8-6-5-7-9-17/h5-9,12-14,16,18,22H,10-11,15H2,1-4H3,(H,26,30). The van der Waals surface area contributed by atoms with E-state index in [0.717, 1.165) is 18.4 Å². The fraction of sp³-hybridized carbons (Fsp3) is 0.400. The Bertz CT molecular complexity index is 1290. The Labute approximate surface area is 205 Å². The van der Waals surface area contributed by atoms with E-state index in [-0.39, 0.29) is 28.7 Å². The third-order valence-corrected chi connectivity index (χ3v) is 7.81. The van der Waals surface area contributed by atoms with Crippen molar-refractivity contribution in [1.82, 2.24) is 19.8 Å². The Hall–Kier alpha value is -3.24. The molecule has 0 saturated heterocycles. The van der Waals surface area contributed by atoms with E-state index in [1.54, 1.807) is 0 Å². The van der Waals surface area contributed by atoms with Crippen LogP contribution in [0.15, 0.2) is 57.9 Å². The molecule has 0 aliphatic heterocycles. The topological polar surface area (TPSA) is 115 Å². The van der Waals surface area contributed by atoms with Gasteiger partial charge in [-0.15, -0.1) is 0 Å². The van der Waals surface area contributed by atoms with Crippen LogP contribution in [0.1, 0.15) is 66.3 Å². The van der Waals surface area contributed by atoms with Crippen molar-refractivity contribution in [3.63, 3.8) is 0 Å². The quantitative estimate of drug-likeness (QED) is 0.451. The van der Waals surface area contributed by atoms with E-state index in [1.165, 1.54) is 36.7 Å².